The van der Waals surface area contributed by atoms with E-state index >= 15 is 0 Å². The molecule has 0 spiro atoms. The van der Waals surface area contributed by atoms with Gasteiger partial charge in [0.05, 0.1) is 22.8 Å². The molecule has 0 fully saturated rings. The number of hydrogen-bond acceptors (Lipinski definition) is 3. The third kappa shape index (κ3) is 3.09. The summed E-state index contributed by atoms with van der Waals surface area (Å²) in [5.74, 6) is -0.571. The Kier molecular flexibility index (Phi) is 4.26. The van der Waals surface area contributed by atoms with Crippen molar-refractivity contribution in [1.29, 1.82) is 0 Å². The van der Waals surface area contributed by atoms with Gasteiger partial charge in [0.25, 0.3) is 0 Å². The quantitative estimate of drug-likeness (QED) is 0.794. The van der Waals surface area contributed by atoms with Crippen molar-refractivity contribution < 1.29 is 9.18 Å². The summed E-state index contributed by atoms with van der Waals surface area (Å²) in [6, 6.07) is 4.20. The molecular weight excluding hydrogens is 374 g/mol. The first-order chi connectivity index (χ1) is 9.38. The van der Waals surface area contributed by atoms with Crippen molar-refractivity contribution in [1.82, 2.24) is 9.78 Å². The molecule has 20 heavy (non-hydrogen) atoms. The Balaban J connectivity index is 2.11. The van der Waals surface area contributed by atoms with Crippen molar-refractivity contribution in [2.75, 3.05) is 11.1 Å². The van der Waals surface area contributed by atoms with E-state index in [1.165, 1.54) is 18.2 Å². The predicted molar refractivity (Wildman–Crippen MR) is 83.9 cm³/mol. The Morgan fingerprint density at radius 3 is 2.75 bits per heavy atom. The number of nitrogens with two attached hydrogens (primary N) is 1. The van der Waals surface area contributed by atoms with Crippen LogP contribution in [0.5, 0.6) is 0 Å². The molecule has 2 aromatic rings. The van der Waals surface area contributed by atoms with Gasteiger partial charge < -0.3 is 11.1 Å². The zero-order valence-electron chi connectivity index (χ0n) is 11.1. The number of nitrogen functional groups attached to an aromatic ring is 1. The molecule has 5 nitrogen and oxygen atoms in total. The van der Waals surface area contributed by atoms with Gasteiger partial charge in [0.15, 0.2) is 0 Å². The van der Waals surface area contributed by atoms with Gasteiger partial charge in [-0.05, 0) is 54.6 Å². The highest BCUT2D eigenvalue weighted by Crippen LogP contribution is 2.19. The molecule has 0 saturated heterocycles. The van der Waals surface area contributed by atoms with E-state index in [1.807, 2.05) is 29.5 Å². The highest BCUT2D eigenvalue weighted by atomic mass is 127. The van der Waals surface area contributed by atoms with Gasteiger partial charge in [0.2, 0.25) is 5.91 Å². The van der Waals surface area contributed by atoms with E-state index in [-0.39, 0.29) is 18.3 Å². The van der Waals surface area contributed by atoms with Crippen LogP contribution in [0.25, 0.3) is 0 Å². The number of hydrogen-bond donors (Lipinski definition) is 2. The Labute approximate surface area is 129 Å². The lowest BCUT2D eigenvalue weighted by Gasteiger charge is -2.08. The maximum absolute atomic E-state index is 13.0. The molecule has 106 valence electrons. The first-order valence-electron chi connectivity index (χ1n) is 5.93. The lowest BCUT2D eigenvalue weighted by atomic mass is 10.3. The number of nitrogens with one attached hydrogen (secondary N) is 1. The molecule has 3 N–H and O–H groups in total. The molecule has 2 rings (SSSR count). The molecule has 1 heterocycles. The molecule has 0 aliphatic heterocycles. The average molecular weight is 388 g/mol. The van der Waals surface area contributed by atoms with E-state index < -0.39 is 0 Å². The number of aromatic nitrogens is 2. The minimum absolute atomic E-state index is 0.0668. The van der Waals surface area contributed by atoms with Crippen molar-refractivity contribution in [3.63, 3.8) is 0 Å². The third-order valence-electron chi connectivity index (χ3n) is 2.94. The number of benzene rings is 1. The van der Waals surface area contributed by atoms with Crippen LogP contribution < -0.4 is 11.1 Å². The van der Waals surface area contributed by atoms with E-state index in [9.17, 15) is 9.18 Å². The maximum Gasteiger partial charge on any atom is 0.246 e. The van der Waals surface area contributed by atoms with E-state index in [0.717, 1.165) is 5.69 Å². The summed E-state index contributed by atoms with van der Waals surface area (Å²) in [6.07, 6.45) is 0. The van der Waals surface area contributed by atoms with Crippen molar-refractivity contribution >= 4 is 39.9 Å². The number of halogens is 2. The predicted octanol–water partition coefficient (Wildman–Crippen LogP) is 2.46. The number of carbonyl (C=O) groups is 1. The van der Waals surface area contributed by atoms with Crippen LogP contribution in [0.15, 0.2) is 18.2 Å². The normalized spacial score (nSPS) is 10.6. The molecule has 0 atom stereocenters. The Morgan fingerprint density at radius 1 is 1.50 bits per heavy atom. The number of nitrogens with zero attached hydrogens (tertiary/aromatic N) is 2. The van der Waals surface area contributed by atoms with Crippen LogP contribution in [0.2, 0.25) is 0 Å². The topological polar surface area (TPSA) is 72.9 Å². The van der Waals surface area contributed by atoms with Crippen LogP contribution >= 0.6 is 22.6 Å². The molecule has 0 aliphatic carbocycles. The van der Waals surface area contributed by atoms with Crippen LogP contribution in [0.3, 0.4) is 0 Å². The summed E-state index contributed by atoms with van der Waals surface area (Å²) >= 11 is 1.97. The number of amides is 1. The summed E-state index contributed by atoms with van der Waals surface area (Å²) in [5, 5.41) is 6.92. The summed E-state index contributed by atoms with van der Waals surface area (Å²) in [4.78, 5) is 12.0. The summed E-state index contributed by atoms with van der Waals surface area (Å²) in [5.41, 5.74) is 8.44. The van der Waals surface area contributed by atoms with Crippen LogP contribution in [0.1, 0.15) is 11.4 Å². The van der Waals surface area contributed by atoms with Crippen molar-refractivity contribution in [3.05, 3.63) is 39.0 Å². The second-order valence-corrected chi connectivity index (χ2v) is 5.58. The van der Waals surface area contributed by atoms with Crippen LogP contribution in [-0.2, 0) is 11.3 Å². The van der Waals surface area contributed by atoms with Gasteiger partial charge in [-0.15, -0.1) is 0 Å². The lowest BCUT2D eigenvalue weighted by Crippen LogP contribution is -2.21. The third-order valence-corrected chi connectivity index (χ3v) is 3.83. The van der Waals surface area contributed by atoms with E-state index in [0.29, 0.717) is 20.6 Å². The van der Waals surface area contributed by atoms with Crippen molar-refractivity contribution in [2.24, 2.45) is 0 Å². The Morgan fingerprint density at radius 2 is 2.20 bits per heavy atom. The number of carbonyl (C=O) groups excluding carboxylic acids is 1. The second-order valence-electron chi connectivity index (χ2n) is 4.41. The first kappa shape index (κ1) is 14.8. The van der Waals surface area contributed by atoms with Crippen molar-refractivity contribution in [2.45, 2.75) is 20.4 Å². The zero-order valence-corrected chi connectivity index (χ0v) is 13.2. The molecular formula is C13H14FIN4O. The van der Waals surface area contributed by atoms with Gasteiger partial charge >= 0.3 is 0 Å². The van der Waals surface area contributed by atoms with E-state index in [1.54, 1.807) is 11.6 Å². The zero-order chi connectivity index (χ0) is 14.9. The maximum atomic E-state index is 13.0. The Hall–Kier alpha value is -1.64. The molecule has 1 amide bonds. The summed E-state index contributed by atoms with van der Waals surface area (Å²) in [6.45, 7) is 3.67. The average Bonchev–Trinajstić information content (AvgIpc) is 2.61. The van der Waals surface area contributed by atoms with Gasteiger partial charge in [0.1, 0.15) is 12.4 Å². The molecule has 7 heteroatoms. The smallest absolute Gasteiger partial charge is 0.246 e. The molecule has 0 radical (unpaired) electrons. The van der Waals surface area contributed by atoms with Gasteiger partial charge in [0, 0.05) is 3.57 Å². The van der Waals surface area contributed by atoms with Gasteiger partial charge in [-0.25, -0.2) is 4.39 Å². The molecule has 0 saturated carbocycles. The van der Waals surface area contributed by atoms with Crippen LogP contribution in [0.4, 0.5) is 15.8 Å². The fraction of sp³-hybridized carbons (Fsp3) is 0.231. The number of anilines is 2. The monoisotopic (exact) mass is 388 g/mol. The second kappa shape index (κ2) is 5.78. The molecule has 0 unspecified atom stereocenters. The number of aryl methyl sites for hydroxylation is 1. The number of rotatable bonds is 3. The molecule has 0 bridgehead atoms. The summed E-state index contributed by atoms with van der Waals surface area (Å²) in [7, 11) is 0. The Bertz CT molecular complexity index is 669. The van der Waals surface area contributed by atoms with Crippen LogP contribution in [-0.4, -0.2) is 15.7 Å². The minimum atomic E-state index is -0.335. The van der Waals surface area contributed by atoms with E-state index in [2.05, 4.69) is 10.4 Å². The van der Waals surface area contributed by atoms with Gasteiger partial charge in [-0.1, -0.05) is 0 Å². The highest BCUT2D eigenvalue weighted by Gasteiger charge is 2.12. The standard InChI is InChI=1S/C13H14FIN4O/c1-7-13(16)8(2)19(18-7)6-12(20)17-11-4-3-9(14)5-10(11)15/h3-5H,6,16H2,1-2H3,(H,17,20). The van der Waals surface area contributed by atoms with Gasteiger partial charge in [-0.2, -0.15) is 5.10 Å². The van der Waals surface area contributed by atoms with E-state index in [4.69, 9.17) is 5.73 Å². The van der Waals surface area contributed by atoms with Crippen molar-refractivity contribution in [3.8, 4) is 0 Å². The first-order valence-corrected chi connectivity index (χ1v) is 7.00. The lowest BCUT2D eigenvalue weighted by molar-refractivity contribution is -0.116. The van der Waals surface area contributed by atoms with Gasteiger partial charge in [-0.3, -0.25) is 9.48 Å². The largest absolute Gasteiger partial charge is 0.396 e. The summed E-state index contributed by atoms with van der Waals surface area (Å²) < 4.78 is 15.2. The highest BCUT2D eigenvalue weighted by molar-refractivity contribution is 14.1. The minimum Gasteiger partial charge on any atom is -0.396 e. The fourth-order valence-corrected chi connectivity index (χ4v) is 2.39. The fourth-order valence-electron chi connectivity index (χ4n) is 1.78. The molecule has 1 aromatic carbocycles. The molecule has 1 aromatic heterocycles. The van der Waals surface area contributed by atoms with Crippen LogP contribution in [0, 0.1) is 23.2 Å². The SMILES string of the molecule is Cc1nn(CC(=O)Nc2ccc(F)cc2I)c(C)c1N. The molecule has 0 aliphatic rings.